The number of carbonyl (C=O) groups excluding carboxylic acids is 2. The molecule has 2 aromatic heterocycles. The molecule has 118 valence electrons. The van der Waals surface area contributed by atoms with Crippen LogP contribution in [0.4, 0.5) is 11.5 Å². The Hall–Kier alpha value is -2.96. The molecule has 0 radical (unpaired) electrons. The zero-order chi connectivity index (χ0) is 16.4. The van der Waals surface area contributed by atoms with Crippen molar-refractivity contribution in [3.05, 3.63) is 48.4 Å². The van der Waals surface area contributed by atoms with E-state index in [1.807, 2.05) is 6.07 Å². The SMILES string of the molecule is CN1C(=O)CC(C(=O)Nc2ccc(N)nc2)C1c1cccnc1. The Kier molecular flexibility index (Phi) is 3.92. The normalized spacial score (nSPS) is 20.6. The number of amides is 2. The minimum absolute atomic E-state index is 0.0607. The van der Waals surface area contributed by atoms with Crippen LogP contribution in [0.15, 0.2) is 42.9 Å². The van der Waals surface area contributed by atoms with E-state index in [0.29, 0.717) is 11.5 Å². The number of nitrogens with one attached hydrogen (secondary N) is 1. The second kappa shape index (κ2) is 6.04. The van der Waals surface area contributed by atoms with Gasteiger partial charge in [0.05, 0.1) is 23.8 Å². The number of aromatic nitrogens is 2. The van der Waals surface area contributed by atoms with E-state index >= 15 is 0 Å². The van der Waals surface area contributed by atoms with E-state index in [4.69, 9.17) is 5.73 Å². The number of nitrogen functional groups attached to an aromatic ring is 1. The minimum atomic E-state index is -0.478. The maximum Gasteiger partial charge on any atom is 0.230 e. The van der Waals surface area contributed by atoms with E-state index in [-0.39, 0.29) is 24.3 Å². The predicted molar refractivity (Wildman–Crippen MR) is 85.1 cm³/mol. The van der Waals surface area contributed by atoms with Crippen molar-refractivity contribution in [1.29, 1.82) is 0 Å². The Morgan fingerprint density at radius 3 is 2.83 bits per heavy atom. The summed E-state index contributed by atoms with van der Waals surface area (Å²) < 4.78 is 0. The highest BCUT2D eigenvalue weighted by Crippen LogP contribution is 2.37. The second-order valence-electron chi connectivity index (χ2n) is 5.51. The first kappa shape index (κ1) is 15.0. The number of nitrogens with zero attached hydrogens (tertiary/aromatic N) is 3. The summed E-state index contributed by atoms with van der Waals surface area (Å²) in [6.45, 7) is 0. The van der Waals surface area contributed by atoms with Crippen molar-refractivity contribution in [2.75, 3.05) is 18.1 Å². The zero-order valence-electron chi connectivity index (χ0n) is 12.6. The summed E-state index contributed by atoms with van der Waals surface area (Å²) in [6.07, 6.45) is 5.01. The molecule has 3 heterocycles. The van der Waals surface area contributed by atoms with Gasteiger partial charge in [-0.1, -0.05) is 6.07 Å². The number of likely N-dealkylation sites (tertiary alicyclic amines) is 1. The first-order chi connectivity index (χ1) is 11.1. The van der Waals surface area contributed by atoms with Crippen LogP contribution in [-0.2, 0) is 9.59 Å². The molecule has 0 aromatic carbocycles. The first-order valence-corrected chi connectivity index (χ1v) is 7.24. The fourth-order valence-electron chi connectivity index (χ4n) is 2.83. The van der Waals surface area contributed by atoms with E-state index in [0.717, 1.165) is 5.56 Å². The van der Waals surface area contributed by atoms with Crippen LogP contribution in [0.2, 0.25) is 0 Å². The Labute approximate surface area is 133 Å². The molecule has 1 aliphatic heterocycles. The molecule has 3 N–H and O–H groups in total. The van der Waals surface area contributed by atoms with Gasteiger partial charge in [0.25, 0.3) is 0 Å². The van der Waals surface area contributed by atoms with Gasteiger partial charge in [-0.05, 0) is 23.8 Å². The molecule has 2 unspecified atom stereocenters. The molecule has 1 saturated heterocycles. The van der Waals surface area contributed by atoms with Crippen molar-refractivity contribution in [2.24, 2.45) is 5.92 Å². The summed E-state index contributed by atoms with van der Waals surface area (Å²) in [6, 6.07) is 6.64. The summed E-state index contributed by atoms with van der Waals surface area (Å²) in [5, 5.41) is 2.80. The molecule has 1 aliphatic rings. The fourth-order valence-corrected chi connectivity index (χ4v) is 2.83. The Balaban J connectivity index is 1.83. The lowest BCUT2D eigenvalue weighted by Gasteiger charge is -2.24. The Morgan fingerprint density at radius 1 is 1.35 bits per heavy atom. The molecule has 0 saturated carbocycles. The van der Waals surface area contributed by atoms with Crippen molar-refractivity contribution < 1.29 is 9.59 Å². The van der Waals surface area contributed by atoms with E-state index in [1.165, 1.54) is 6.20 Å². The summed E-state index contributed by atoms with van der Waals surface area (Å²) in [5.41, 5.74) is 6.93. The highest BCUT2D eigenvalue weighted by molar-refractivity contribution is 5.97. The maximum absolute atomic E-state index is 12.6. The van der Waals surface area contributed by atoms with Crippen molar-refractivity contribution in [1.82, 2.24) is 14.9 Å². The summed E-state index contributed by atoms with van der Waals surface area (Å²) >= 11 is 0. The number of rotatable bonds is 3. The summed E-state index contributed by atoms with van der Waals surface area (Å²) in [5.74, 6) is -0.376. The van der Waals surface area contributed by atoms with Crippen LogP contribution in [0.3, 0.4) is 0 Å². The molecule has 2 amide bonds. The van der Waals surface area contributed by atoms with Crippen LogP contribution in [0.25, 0.3) is 0 Å². The topological polar surface area (TPSA) is 101 Å². The van der Waals surface area contributed by atoms with Gasteiger partial charge in [0.15, 0.2) is 0 Å². The molecular formula is C16H17N5O2. The molecule has 1 fully saturated rings. The zero-order valence-corrected chi connectivity index (χ0v) is 12.6. The van der Waals surface area contributed by atoms with E-state index in [9.17, 15) is 9.59 Å². The number of carbonyl (C=O) groups is 2. The van der Waals surface area contributed by atoms with Crippen molar-refractivity contribution in [3.8, 4) is 0 Å². The van der Waals surface area contributed by atoms with E-state index in [1.54, 1.807) is 42.5 Å². The average molecular weight is 311 g/mol. The third-order valence-corrected chi connectivity index (χ3v) is 4.00. The molecule has 0 bridgehead atoms. The lowest BCUT2D eigenvalue weighted by atomic mass is 9.94. The van der Waals surface area contributed by atoms with Crippen molar-refractivity contribution in [2.45, 2.75) is 12.5 Å². The van der Waals surface area contributed by atoms with E-state index in [2.05, 4.69) is 15.3 Å². The van der Waals surface area contributed by atoms with Gasteiger partial charge in [0, 0.05) is 25.9 Å². The smallest absolute Gasteiger partial charge is 0.230 e. The molecular weight excluding hydrogens is 294 g/mol. The van der Waals surface area contributed by atoms with Gasteiger partial charge in [-0.2, -0.15) is 0 Å². The van der Waals surface area contributed by atoms with Crippen LogP contribution in [-0.4, -0.2) is 33.7 Å². The number of anilines is 2. The van der Waals surface area contributed by atoms with Crippen molar-refractivity contribution in [3.63, 3.8) is 0 Å². The summed E-state index contributed by atoms with van der Waals surface area (Å²) in [7, 11) is 1.71. The van der Waals surface area contributed by atoms with Gasteiger partial charge < -0.3 is 16.0 Å². The largest absolute Gasteiger partial charge is 0.384 e. The van der Waals surface area contributed by atoms with Crippen LogP contribution in [0.1, 0.15) is 18.0 Å². The third kappa shape index (κ3) is 2.98. The molecule has 7 nitrogen and oxygen atoms in total. The first-order valence-electron chi connectivity index (χ1n) is 7.24. The summed E-state index contributed by atoms with van der Waals surface area (Å²) in [4.78, 5) is 34.3. The van der Waals surface area contributed by atoms with Crippen LogP contribution in [0, 0.1) is 5.92 Å². The van der Waals surface area contributed by atoms with Crippen LogP contribution >= 0.6 is 0 Å². The number of hydrogen-bond acceptors (Lipinski definition) is 5. The van der Waals surface area contributed by atoms with Gasteiger partial charge in [0.2, 0.25) is 11.8 Å². The minimum Gasteiger partial charge on any atom is -0.384 e. The number of hydrogen-bond donors (Lipinski definition) is 2. The standard InChI is InChI=1S/C16H17N5O2/c1-21-14(22)7-12(15(21)10-3-2-6-18-8-10)16(23)20-11-4-5-13(17)19-9-11/h2-6,8-9,12,15H,7H2,1H3,(H2,17,19)(H,20,23). The van der Waals surface area contributed by atoms with Gasteiger partial charge in [-0.25, -0.2) is 4.98 Å². The second-order valence-corrected chi connectivity index (χ2v) is 5.51. The molecule has 0 aliphatic carbocycles. The fraction of sp³-hybridized carbons (Fsp3) is 0.250. The van der Waals surface area contributed by atoms with Crippen molar-refractivity contribution >= 4 is 23.3 Å². The molecule has 3 rings (SSSR count). The average Bonchev–Trinajstić information content (AvgIpc) is 2.86. The maximum atomic E-state index is 12.6. The van der Waals surface area contributed by atoms with Gasteiger partial charge in [-0.15, -0.1) is 0 Å². The molecule has 2 aromatic rings. The molecule has 23 heavy (non-hydrogen) atoms. The third-order valence-electron chi connectivity index (χ3n) is 4.00. The quantitative estimate of drug-likeness (QED) is 0.887. The molecule has 0 spiro atoms. The van der Waals surface area contributed by atoms with Gasteiger partial charge in [0.1, 0.15) is 5.82 Å². The van der Waals surface area contributed by atoms with E-state index < -0.39 is 5.92 Å². The molecule has 7 heteroatoms. The molecule has 2 atom stereocenters. The monoisotopic (exact) mass is 311 g/mol. The number of nitrogens with two attached hydrogens (primary N) is 1. The lowest BCUT2D eigenvalue weighted by Crippen LogP contribution is -2.30. The Bertz CT molecular complexity index is 717. The predicted octanol–water partition coefficient (Wildman–Crippen LogP) is 1.22. The Morgan fingerprint density at radius 2 is 2.17 bits per heavy atom. The van der Waals surface area contributed by atoms with Crippen LogP contribution in [0.5, 0.6) is 0 Å². The highest BCUT2D eigenvalue weighted by atomic mass is 16.2. The van der Waals surface area contributed by atoms with Crippen LogP contribution < -0.4 is 11.1 Å². The number of pyridine rings is 2. The lowest BCUT2D eigenvalue weighted by molar-refractivity contribution is -0.127. The highest BCUT2D eigenvalue weighted by Gasteiger charge is 2.42. The van der Waals surface area contributed by atoms with Gasteiger partial charge >= 0.3 is 0 Å². The van der Waals surface area contributed by atoms with Gasteiger partial charge in [-0.3, -0.25) is 14.6 Å².